The van der Waals surface area contributed by atoms with Gasteiger partial charge >= 0.3 is 0 Å². The van der Waals surface area contributed by atoms with Crippen LogP contribution in [-0.4, -0.2) is 26.5 Å². The summed E-state index contributed by atoms with van der Waals surface area (Å²) in [6.45, 7) is 3.69. The molecule has 0 spiro atoms. The predicted octanol–water partition coefficient (Wildman–Crippen LogP) is 2.86. The highest BCUT2D eigenvalue weighted by molar-refractivity contribution is 7.99. The fourth-order valence-corrected chi connectivity index (χ4v) is 4.19. The molecule has 0 saturated heterocycles. The Morgan fingerprint density at radius 2 is 2.23 bits per heavy atom. The lowest BCUT2D eigenvalue weighted by molar-refractivity contribution is -0.122. The molecule has 1 aliphatic heterocycles. The molecule has 2 N–H and O–H groups in total. The van der Waals surface area contributed by atoms with Gasteiger partial charge in [-0.3, -0.25) is 14.6 Å². The van der Waals surface area contributed by atoms with E-state index in [2.05, 4.69) is 26.8 Å². The van der Waals surface area contributed by atoms with E-state index in [-0.39, 0.29) is 17.3 Å². The number of Topliss-reactive ketones (excluding diaryl/α,β-unsaturated/α-hetero) is 1. The first-order chi connectivity index (χ1) is 12.7. The molecule has 7 heteroatoms. The average Bonchev–Trinajstić information content (AvgIpc) is 2.65. The van der Waals surface area contributed by atoms with Crippen LogP contribution in [0.15, 0.2) is 58.9 Å². The molecule has 2 aromatic rings. The number of rotatable bonds is 4. The number of aromatic amines is 1. The summed E-state index contributed by atoms with van der Waals surface area (Å²) in [4.78, 5) is 37.2. The van der Waals surface area contributed by atoms with Crippen molar-refractivity contribution < 1.29 is 4.79 Å². The number of aromatic nitrogens is 3. The maximum atomic E-state index is 12.9. The van der Waals surface area contributed by atoms with Gasteiger partial charge in [0.25, 0.3) is 5.56 Å². The quantitative estimate of drug-likeness (QED) is 0.491. The van der Waals surface area contributed by atoms with Gasteiger partial charge in [0.05, 0.1) is 11.5 Å². The predicted molar refractivity (Wildman–Crippen MR) is 101 cm³/mol. The van der Waals surface area contributed by atoms with Gasteiger partial charge in [-0.05, 0) is 18.1 Å². The van der Waals surface area contributed by atoms with Gasteiger partial charge in [0.15, 0.2) is 5.16 Å². The Hall–Kier alpha value is -2.67. The molecule has 4 rings (SSSR count). The lowest BCUT2D eigenvalue weighted by Gasteiger charge is -2.36. The van der Waals surface area contributed by atoms with Crippen LogP contribution in [0.5, 0.6) is 0 Å². The summed E-state index contributed by atoms with van der Waals surface area (Å²) in [6, 6.07) is 3.73. The second-order valence-corrected chi connectivity index (χ2v) is 7.27. The fraction of sp³-hybridized carbons (Fsp3) is 0.263. The summed E-state index contributed by atoms with van der Waals surface area (Å²) in [7, 11) is 0. The van der Waals surface area contributed by atoms with Crippen LogP contribution in [0, 0.1) is 5.92 Å². The van der Waals surface area contributed by atoms with E-state index in [1.807, 2.05) is 18.2 Å². The molecule has 0 radical (unpaired) electrons. The van der Waals surface area contributed by atoms with Crippen LogP contribution in [0.1, 0.15) is 29.9 Å². The average molecular weight is 366 g/mol. The number of carbonyl (C=O) groups is 1. The second kappa shape index (κ2) is 6.92. The number of fused-ring (bicyclic) bond motifs is 2. The van der Waals surface area contributed by atoms with E-state index in [0.717, 1.165) is 11.3 Å². The van der Waals surface area contributed by atoms with Gasteiger partial charge in [0, 0.05) is 36.2 Å². The van der Waals surface area contributed by atoms with Gasteiger partial charge < -0.3 is 10.3 Å². The smallest absolute Gasteiger partial charge is 0.257 e. The molecule has 0 bridgehead atoms. The molecule has 2 aliphatic rings. The zero-order valence-corrected chi connectivity index (χ0v) is 14.9. The molecule has 2 atom stereocenters. The normalized spacial score (nSPS) is 21.2. The molecule has 2 aromatic heterocycles. The Labute approximate surface area is 154 Å². The summed E-state index contributed by atoms with van der Waals surface area (Å²) < 4.78 is 0. The number of ketones is 1. The van der Waals surface area contributed by atoms with Gasteiger partial charge in [-0.2, -0.15) is 0 Å². The SMILES string of the molecule is C=CCSc1nc2c(c(=O)[nH]1)[C@@H](c1cccnc1)[C@@H]1C(=O)CCC=C1N2. The largest absolute Gasteiger partial charge is 0.343 e. The zero-order chi connectivity index (χ0) is 18.1. The Balaban J connectivity index is 1.90. The third kappa shape index (κ3) is 2.88. The Morgan fingerprint density at radius 1 is 1.35 bits per heavy atom. The number of carbonyl (C=O) groups excluding carboxylic acids is 1. The highest BCUT2D eigenvalue weighted by Gasteiger charge is 2.42. The van der Waals surface area contributed by atoms with Gasteiger partial charge in [0.1, 0.15) is 11.6 Å². The number of pyridine rings is 1. The van der Waals surface area contributed by atoms with Crippen molar-refractivity contribution in [3.8, 4) is 0 Å². The molecule has 0 amide bonds. The lowest BCUT2D eigenvalue weighted by Crippen LogP contribution is -2.38. The van der Waals surface area contributed by atoms with Crippen LogP contribution < -0.4 is 10.9 Å². The van der Waals surface area contributed by atoms with Gasteiger partial charge in [-0.1, -0.05) is 30.0 Å². The van der Waals surface area contributed by atoms with Crippen molar-refractivity contribution in [2.75, 3.05) is 11.1 Å². The van der Waals surface area contributed by atoms with E-state index in [1.54, 1.807) is 18.5 Å². The molecule has 6 nitrogen and oxygen atoms in total. The first-order valence-electron chi connectivity index (χ1n) is 8.46. The number of nitrogens with zero attached hydrogens (tertiary/aromatic N) is 2. The molecule has 1 aliphatic carbocycles. The van der Waals surface area contributed by atoms with Crippen molar-refractivity contribution in [1.29, 1.82) is 0 Å². The molecule has 132 valence electrons. The van der Waals surface area contributed by atoms with Crippen LogP contribution in [0.4, 0.5) is 5.82 Å². The first-order valence-corrected chi connectivity index (χ1v) is 9.45. The molecule has 0 saturated carbocycles. The summed E-state index contributed by atoms with van der Waals surface area (Å²) in [5.74, 6) is 0.534. The monoisotopic (exact) mass is 366 g/mol. The van der Waals surface area contributed by atoms with Crippen molar-refractivity contribution in [1.82, 2.24) is 15.0 Å². The number of thioether (sulfide) groups is 1. The Bertz CT molecular complexity index is 952. The standard InChI is InChI=1S/C19H18N4O2S/c1-2-9-26-19-22-17-16(18(25)23-19)14(11-5-4-8-20-10-11)15-12(21-17)6-3-7-13(15)24/h2,4-6,8,10,14-15H,1,3,7,9H2,(H2,21,22,23,25)/t14-,15-/m0/s1. The van der Waals surface area contributed by atoms with E-state index >= 15 is 0 Å². The van der Waals surface area contributed by atoms with Crippen LogP contribution >= 0.6 is 11.8 Å². The number of hydrogen-bond acceptors (Lipinski definition) is 6. The van der Waals surface area contributed by atoms with Crippen molar-refractivity contribution in [2.45, 2.75) is 23.9 Å². The summed E-state index contributed by atoms with van der Waals surface area (Å²) in [6.07, 6.45) is 8.39. The van der Waals surface area contributed by atoms with Crippen LogP contribution in [0.2, 0.25) is 0 Å². The van der Waals surface area contributed by atoms with Gasteiger partial charge in [-0.25, -0.2) is 4.98 Å². The molecule has 0 fully saturated rings. The molecular formula is C19H18N4O2S. The molecule has 0 aromatic carbocycles. The Kier molecular flexibility index (Phi) is 4.46. The highest BCUT2D eigenvalue weighted by atomic mass is 32.2. The van der Waals surface area contributed by atoms with Crippen LogP contribution in [-0.2, 0) is 4.79 Å². The third-order valence-corrected chi connectivity index (χ3v) is 5.53. The fourth-order valence-electron chi connectivity index (χ4n) is 3.59. The summed E-state index contributed by atoms with van der Waals surface area (Å²) in [5.41, 5.74) is 1.96. The molecular weight excluding hydrogens is 348 g/mol. The highest BCUT2D eigenvalue weighted by Crippen LogP contribution is 2.44. The number of anilines is 1. The van der Waals surface area contributed by atoms with Crippen LogP contribution in [0.25, 0.3) is 0 Å². The minimum atomic E-state index is -0.393. The maximum absolute atomic E-state index is 12.9. The van der Waals surface area contributed by atoms with Crippen molar-refractivity contribution in [2.24, 2.45) is 5.92 Å². The van der Waals surface area contributed by atoms with E-state index < -0.39 is 5.92 Å². The number of nitrogens with one attached hydrogen (secondary N) is 2. The van der Waals surface area contributed by atoms with Crippen LogP contribution in [0.3, 0.4) is 0 Å². The topological polar surface area (TPSA) is 87.7 Å². The van der Waals surface area contributed by atoms with E-state index in [9.17, 15) is 9.59 Å². The number of H-pyrrole nitrogens is 1. The van der Waals surface area contributed by atoms with E-state index in [1.165, 1.54) is 11.8 Å². The third-order valence-electron chi connectivity index (χ3n) is 4.66. The van der Waals surface area contributed by atoms with E-state index in [4.69, 9.17) is 0 Å². The molecule has 26 heavy (non-hydrogen) atoms. The minimum Gasteiger partial charge on any atom is -0.343 e. The van der Waals surface area contributed by atoms with Crippen molar-refractivity contribution >= 4 is 23.4 Å². The first kappa shape index (κ1) is 16.8. The minimum absolute atomic E-state index is 0.138. The molecule has 0 unspecified atom stereocenters. The maximum Gasteiger partial charge on any atom is 0.257 e. The van der Waals surface area contributed by atoms with Crippen molar-refractivity contribution in [3.63, 3.8) is 0 Å². The number of hydrogen-bond donors (Lipinski definition) is 2. The summed E-state index contributed by atoms with van der Waals surface area (Å²) in [5, 5.41) is 3.77. The lowest BCUT2D eigenvalue weighted by atomic mass is 9.72. The Morgan fingerprint density at radius 3 is 3.00 bits per heavy atom. The molecule has 3 heterocycles. The van der Waals surface area contributed by atoms with Crippen molar-refractivity contribution in [3.05, 3.63) is 70.4 Å². The van der Waals surface area contributed by atoms with E-state index in [0.29, 0.717) is 35.1 Å². The zero-order valence-electron chi connectivity index (χ0n) is 14.1. The van der Waals surface area contributed by atoms with Gasteiger partial charge in [-0.15, -0.1) is 6.58 Å². The second-order valence-electron chi connectivity index (χ2n) is 6.26. The number of allylic oxidation sites excluding steroid dienone is 2. The summed E-state index contributed by atoms with van der Waals surface area (Å²) >= 11 is 1.41. The van der Waals surface area contributed by atoms with Gasteiger partial charge in [0.2, 0.25) is 0 Å².